The molecule has 0 N–H and O–H groups in total. The van der Waals surface area contributed by atoms with Gasteiger partial charge in [0.1, 0.15) is 5.75 Å². The van der Waals surface area contributed by atoms with Crippen molar-refractivity contribution in [1.29, 1.82) is 0 Å². The van der Waals surface area contributed by atoms with E-state index in [9.17, 15) is 8.42 Å². The van der Waals surface area contributed by atoms with Crippen LogP contribution in [-0.4, -0.2) is 57.8 Å². The highest BCUT2D eigenvalue weighted by atomic mass is 32.2. The second kappa shape index (κ2) is 6.54. The normalized spacial score (nSPS) is 26.4. The molecule has 0 unspecified atom stereocenters. The summed E-state index contributed by atoms with van der Waals surface area (Å²) in [5.41, 5.74) is -0.369. The standard InChI is InChI=1S/C18H25NO5S/c1-22-15-4-6-17(7-5-15)25(20,21)19-12-18(13-19)10-16(8-9-24-18)23-11-14-2-3-14/h4-7,14,16H,2-3,8-13H2,1H3/t16-/m0/s1. The Kier molecular flexibility index (Phi) is 4.52. The Morgan fingerprint density at radius 1 is 1.20 bits per heavy atom. The maximum Gasteiger partial charge on any atom is 0.243 e. The third-order valence-electron chi connectivity index (χ3n) is 5.34. The van der Waals surface area contributed by atoms with Crippen LogP contribution in [0.1, 0.15) is 25.7 Å². The number of hydrogen-bond donors (Lipinski definition) is 0. The van der Waals surface area contributed by atoms with E-state index >= 15 is 0 Å². The Morgan fingerprint density at radius 3 is 2.56 bits per heavy atom. The van der Waals surface area contributed by atoms with Crippen molar-refractivity contribution < 1.29 is 22.6 Å². The smallest absolute Gasteiger partial charge is 0.243 e. The van der Waals surface area contributed by atoms with E-state index in [1.807, 2.05) is 0 Å². The Hall–Kier alpha value is -1.15. The molecule has 7 heteroatoms. The molecule has 25 heavy (non-hydrogen) atoms. The third kappa shape index (κ3) is 3.56. The molecular formula is C18H25NO5S. The molecule has 138 valence electrons. The van der Waals surface area contributed by atoms with Crippen molar-refractivity contribution in [2.24, 2.45) is 5.92 Å². The zero-order valence-electron chi connectivity index (χ0n) is 14.5. The zero-order chi connectivity index (χ0) is 17.5. The maximum atomic E-state index is 12.7. The van der Waals surface area contributed by atoms with Crippen LogP contribution in [0.25, 0.3) is 0 Å². The molecule has 1 aromatic rings. The van der Waals surface area contributed by atoms with E-state index in [0.717, 1.165) is 25.4 Å². The highest BCUT2D eigenvalue weighted by molar-refractivity contribution is 7.89. The van der Waals surface area contributed by atoms with Crippen molar-refractivity contribution in [3.8, 4) is 5.75 Å². The number of sulfonamides is 1. The molecule has 2 saturated heterocycles. The van der Waals surface area contributed by atoms with E-state index < -0.39 is 10.0 Å². The molecule has 2 aliphatic heterocycles. The van der Waals surface area contributed by atoms with Crippen LogP contribution in [0.5, 0.6) is 5.75 Å². The molecule has 3 fully saturated rings. The summed E-state index contributed by atoms with van der Waals surface area (Å²) in [5.74, 6) is 1.39. The molecule has 1 spiro atoms. The minimum absolute atomic E-state index is 0.195. The summed E-state index contributed by atoms with van der Waals surface area (Å²) in [7, 11) is -1.92. The fraction of sp³-hybridized carbons (Fsp3) is 0.667. The van der Waals surface area contributed by atoms with Gasteiger partial charge in [-0.05, 0) is 49.4 Å². The minimum atomic E-state index is -3.48. The first kappa shape index (κ1) is 17.3. The zero-order valence-corrected chi connectivity index (χ0v) is 15.3. The first-order valence-electron chi connectivity index (χ1n) is 8.91. The molecule has 1 atom stereocenters. The maximum absolute atomic E-state index is 12.7. The van der Waals surface area contributed by atoms with Crippen LogP contribution in [-0.2, 0) is 19.5 Å². The number of ether oxygens (including phenoxy) is 3. The van der Waals surface area contributed by atoms with Crippen molar-refractivity contribution in [3.63, 3.8) is 0 Å². The Balaban J connectivity index is 1.37. The van der Waals surface area contributed by atoms with Crippen molar-refractivity contribution >= 4 is 10.0 Å². The predicted octanol–water partition coefficient (Wildman–Crippen LogP) is 2.04. The molecule has 1 aromatic carbocycles. The second-order valence-electron chi connectivity index (χ2n) is 7.37. The van der Waals surface area contributed by atoms with Crippen LogP contribution in [0.15, 0.2) is 29.2 Å². The molecular weight excluding hydrogens is 342 g/mol. The lowest BCUT2D eigenvalue weighted by molar-refractivity contribution is -0.179. The highest BCUT2D eigenvalue weighted by Crippen LogP contribution is 2.39. The summed E-state index contributed by atoms with van der Waals surface area (Å²) < 4.78 is 44.0. The van der Waals surface area contributed by atoms with Gasteiger partial charge in [-0.25, -0.2) is 8.42 Å². The molecule has 0 amide bonds. The average molecular weight is 367 g/mol. The van der Waals surface area contributed by atoms with Crippen LogP contribution in [0.3, 0.4) is 0 Å². The van der Waals surface area contributed by atoms with Gasteiger partial charge in [0.2, 0.25) is 10.0 Å². The number of nitrogens with zero attached hydrogens (tertiary/aromatic N) is 1. The Bertz CT molecular complexity index is 707. The summed E-state index contributed by atoms with van der Waals surface area (Å²) in [6, 6.07) is 6.51. The van der Waals surface area contributed by atoms with Gasteiger partial charge < -0.3 is 14.2 Å². The highest BCUT2D eigenvalue weighted by Gasteiger charge is 2.52. The van der Waals surface area contributed by atoms with Crippen molar-refractivity contribution in [2.75, 3.05) is 33.4 Å². The van der Waals surface area contributed by atoms with E-state index in [0.29, 0.717) is 30.3 Å². The Morgan fingerprint density at radius 2 is 1.92 bits per heavy atom. The summed E-state index contributed by atoms with van der Waals surface area (Å²) in [6.07, 6.45) is 4.44. The molecule has 0 bridgehead atoms. The number of benzene rings is 1. The largest absolute Gasteiger partial charge is 0.497 e. The number of hydrogen-bond acceptors (Lipinski definition) is 5. The van der Waals surface area contributed by atoms with Gasteiger partial charge in [-0.2, -0.15) is 4.31 Å². The lowest BCUT2D eigenvalue weighted by atomic mass is 9.86. The Labute approximate surface area is 149 Å². The topological polar surface area (TPSA) is 65.1 Å². The van der Waals surface area contributed by atoms with Crippen LogP contribution in [0, 0.1) is 5.92 Å². The van der Waals surface area contributed by atoms with Gasteiger partial charge in [-0.15, -0.1) is 0 Å². The second-order valence-corrected chi connectivity index (χ2v) is 9.31. The van der Waals surface area contributed by atoms with E-state index in [2.05, 4.69) is 0 Å². The fourth-order valence-electron chi connectivity index (χ4n) is 3.57. The number of methoxy groups -OCH3 is 1. The lowest BCUT2D eigenvalue weighted by Crippen LogP contribution is -2.67. The van der Waals surface area contributed by atoms with Crippen molar-refractivity contribution in [2.45, 2.75) is 42.3 Å². The molecule has 0 radical (unpaired) electrons. The van der Waals surface area contributed by atoms with Crippen LogP contribution < -0.4 is 4.74 Å². The molecule has 2 heterocycles. The van der Waals surface area contributed by atoms with E-state index in [1.165, 1.54) is 17.1 Å². The van der Waals surface area contributed by atoms with Crippen molar-refractivity contribution in [3.05, 3.63) is 24.3 Å². The van der Waals surface area contributed by atoms with Crippen LogP contribution in [0.2, 0.25) is 0 Å². The summed E-state index contributed by atoms with van der Waals surface area (Å²) >= 11 is 0. The molecule has 1 aliphatic carbocycles. The molecule has 6 nitrogen and oxygen atoms in total. The molecule has 4 rings (SSSR count). The van der Waals surface area contributed by atoms with Gasteiger partial charge in [0.25, 0.3) is 0 Å². The van der Waals surface area contributed by atoms with Gasteiger partial charge >= 0.3 is 0 Å². The fourth-order valence-corrected chi connectivity index (χ4v) is 5.15. The van der Waals surface area contributed by atoms with Gasteiger partial charge in [-0.1, -0.05) is 0 Å². The first-order chi connectivity index (χ1) is 12.0. The molecule has 3 aliphatic rings. The van der Waals surface area contributed by atoms with Gasteiger partial charge in [0.05, 0.1) is 23.7 Å². The van der Waals surface area contributed by atoms with Gasteiger partial charge in [-0.3, -0.25) is 0 Å². The number of rotatable bonds is 6. The monoisotopic (exact) mass is 367 g/mol. The van der Waals surface area contributed by atoms with Crippen molar-refractivity contribution in [1.82, 2.24) is 4.31 Å². The van der Waals surface area contributed by atoms with E-state index in [4.69, 9.17) is 14.2 Å². The van der Waals surface area contributed by atoms with Crippen LogP contribution >= 0.6 is 0 Å². The van der Waals surface area contributed by atoms with Gasteiger partial charge in [0, 0.05) is 32.7 Å². The first-order valence-corrected chi connectivity index (χ1v) is 10.3. The third-order valence-corrected chi connectivity index (χ3v) is 7.14. The average Bonchev–Trinajstić information content (AvgIpc) is 3.42. The van der Waals surface area contributed by atoms with Gasteiger partial charge in [0.15, 0.2) is 0 Å². The lowest BCUT2D eigenvalue weighted by Gasteiger charge is -2.52. The summed E-state index contributed by atoms with van der Waals surface area (Å²) in [4.78, 5) is 0.292. The molecule has 0 aromatic heterocycles. The van der Waals surface area contributed by atoms with E-state index in [-0.39, 0.29) is 11.7 Å². The van der Waals surface area contributed by atoms with Crippen LogP contribution in [0.4, 0.5) is 0 Å². The summed E-state index contributed by atoms with van der Waals surface area (Å²) in [6.45, 7) is 2.30. The predicted molar refractivity (Wildman–Crippen MR) is 92.1 cm³/mol. The quantitative estimate of drug-likeness (QED) is 0.770. The SMILES string of the molecule is COc1ccc(S(=O)(=O)N2CC3(C[C@@H](OCC4CC4)CCO3)C2)cc1. The van der Waals surface area contributed by atoms with E-state index in [1.54, 1.807) is 31.4 Å². The minimum Gasteiger partial charge on any atom is -0.497 e. The summed E-state index contributed by atoms with van der Waals surface area (Å²) in [5, 5.41) is 0. The molecule has 1 saturated carbocycles.